The van der Waals surface area contributed by atoms with Crippen LogP contribution in [0.15, 0.2) is 10.5 Å². The normalized spacial score (nSPS) is 31.0. The maximum absolute atomic E-state index is 13.0. The lowest BCUT2D eigenvalue weighted by Crippen LogP contribution is -2.81. The predicted octanol–water partition coefficient (Wildman–Crippen LogP) is -1.10. The Bertz CT molecular complexity index is 995. The van der Waals surface area contributed by atoms with Crippen molar-refractivity contribution >= 4 is 51.7 Å². The van der Waals surface area contributed by atoms with Crippen LogP contribution in [0.3, 0.4) is 0 Å². The molecule has 5 N–H and O–H groups in total. The molecule has 4 heterocycles. The molecule has 180 valence electrons. The minimum absolute atomic E-state index is 0.139. The predicted molar refractivity (Wildman–Crippen MR) is 121 cm³/mol. The molecule has 1 aromatic rings. The van der Waals surface area contributed by atoms with E-state index in [-0.39, 0.29) is 28.8 Å². The number of hydrogen-bond donors (Lipinski definition) is 4. The molecule has 14 heteroatoms. The van der Waals surface area contributed by atoms with Gasteiger partial charge in [-0.3, -0.25) is 9.59 Å². The van der Waals surface area contributed by atoms with Crippen molar-refractivity contribution in [3.05, 3.63) is 11.1 Å². The van der Waals surface area contributed by atoms with Gasteiger partial charge in [0.2, 0.25) is 5.91 Å². The molecular formula is C19H27N6O6S2+. The summed E-state index contributed by atoms with van der Waals surface area (Å²) >= 11 is 2.39. The van der Waals surface area contributed by atoms with E-state index < -0.39 is 40.8 Å². The molecule has 3 fully saturated rings. The van der Waals surface area contributed by atoms with Crippen molar-refractivity contribution in [2.75, 3.05) is 45.3 Å². The topological polar surface area (TPSA) is 167 Å². The molecule has 3 aliphatic rings. The van der Waals surface area contributed by atoms with E-state index in [4.69, 9.17) is 10.6 Å². The monoisotopic (exact) mass is 499 g/mol. The number of nitrogen functional groups attached to an aromatic ring is 1. The summed E-state index contributed by atoms with van der Waals surface area (Å²) in [6.45, 7) is 1.97. The Balaban J connectivity index is 1.51. The third-order valence-electron chi connectivity index (χ3n) is 6.36. The number of quaternary nitrogens is 1. The summed E-state index contributed by atoms with van der Waals surface area (Å²) < 4.78 is 0.571. The molecule has 12 nitrogen and oxygen atoms in total. The first kappa shape index (κ1) is 23.7. The molecule has 0 spiro atoms. The molecule has 3 saturated heterocycles. The van der Waals surface area contributed by atoms with Crippen LogP contribution < -0.4 is 11.1 Å². The minimum Gasteiger partial charge on any atom is -0.480 e. The first-order chi connectivity index (χ1) is 15.6. The highest BCUT2D eigenvalue weighted by Gasteiger charge is 2.64. The van der Waals surface area contributed by atoms with Crippen molar-refractivity contribution < 1.29 is 33.9 Å². The van der Waals surface area contributed by atoms with Crippen LogP contribution >= 0.6 is 23.1 Å². The number of carbonyl (C=O) groups is 3. The van der Waals surface area contributed by atoms with Gasteiger partial charge in [0.05, 0.1) is 20.1 Å². The Labute approximate surface area is 198 Å². The van der Waals surface area contributed by atoms with E-state index in [1.807, 2.05) is 7.05 Å². The Morgan fingerprint density at radius 3 is 2.73 bits per heavy atom. The SMILES string of the molecule is CO/N=C(\C(=O)N[C@@H]1C(=O)N2C(C(=O)O)C(O)(C[N+]3(C)CCCC3)CS[C@H]12)c1csc(N)n1. The van der Waals surface area contributed by atoms with E-state index in [2.05, 4.69) is 15.5 Å². The van der Waals surface area contributed by atoms with Crippen molar-refractivity contribution in [2.24, 2.45) is 5.16 Å². The molecule has 33 heavy (non-hydrogen) atoms. The first-order valence-electron chi connectivity index (χ1n) is 10.4. The summed E-state index contributed by atoms with van der Waals surface area (Å²) in [4.78, 5) is 47.9. The van der Waals surface area contributed by atoms with E-state index in [1.165, 1.54) is 23.8 Å². The number of carbonyl (C=O) groups excluding carboxylic acids is 2. The number of oxime groups is 1. The molecule has 0 radical (unpaired) electrons. The Morgan fingerprint density at radius 1 is 1.45 bits per heavy atom. The number of anilines is 1. The number of aliphatic carboxylic acids is 1. The van der Waals surface area contributed by atoms with Gasteiger partial charge in [-0.15, -0.1) is 23.1 Å². The number of likely N-dealkylation sites (N-methyl/N-ethyl adjacent to an activating group) is 1. The number of nitrogens with one attached hydrogen (secondary N) is 1. The van der Waals surface area contributed by atoms with Crippen LogP contribution in [0.4, 0.5) is 5.13 Å². The van der Waals surface area contributed by atoms with E-state index in [0.717, 1.165) is 37.3 Å². The largest absolute Gasteiger partial charge is 0.480 e. The van der Waals surface area contributed by atoms with Gasteiger partial charge in [0.15, 0.2) is 22.5 Å². The Kier molecular flexibility index (Phi) is 6.28. The number of rotatable bonds is 7. The van der Waals surface area contributed by atoms with E-state index in [0.29, 0.717) is 4.48 Å². The zero-order chi connectivity index (χ0) is 24.0. The van der Waals surface area contributed by atoms with Gasteiger partial charge < -0.3 is 35.5 Å². The molecule has 1 aromatic heterocycles. The molecule has 3 aliphatic heterocycles. The van der Waals surface area contributed by atoms with Crippen molar-refractivity contribution in [1.82, 2.24) is 15.2 Å². The highest BCUT2D eigenvalue weighted by Crippen LogP contribution is 2.43. The first-order valence-corrected chi connectivity index (χ1v) is 12.4. The number of fused-ring (bicyclic) bond motifs is 1. The van der Waals surface area contributed by atoms with Crippen LogP contribution in [0.25, 0.3) is 0 Å². The average molecular weight is 500 g/mol. The second-order valence-corrected chi connectivity index (χ2v) is 10.9. The van der Waals surface area contributed by atoms with Gasteiger partial charge in [-0.05, 0) is 0 Å². The number of nitrogens with two attached hydrogens (primary N) is 1. The van der Waals surface area contributed by atoms with Crippen LogP contribution in [0.1, 0.15) is 18.5 Å². The molecule has 0 bridgehead atoms. The summed E-state index contributed by atoms with van der Waals surface area (Å²) in [6.07, 6.45) is 2.04. The second-order valence-electron chi connectivity index (χ2n) is 8.87. The average Bonchev–Trinajstić information content (AvgIpc) is 3.37. The molecule has 0 aromatic carbocycles. The third-order valence-corrected chi connectivity index (χ3v) is 8.54. The fourth-order valence-corrected chi connectivity index (χ4v) is 6.96. The van der Waals surface area contributed by atoms with Crippen LogP contribution in [-0.2, 0) is 19.2 Å². The summed E-state index contributed by atoms with van der Waals surface area (Å²) in [5.74, 6) is -2.37. The lowest BCUT2D eigenvalue weighted by Gasteiger charge is -2.57. The van der Waals surface area contributed by atoms with Crippen molar-refractivity contribution in [2.45, 2.75) is 35.9 Å². The van der Waals surface area contributed by atoms with E-state index in [1.54, 1.807) is 5.38 Å². The maximum atomic E-state index is 13.0. The number of hydrogen-bond acceptors (Lipinski definition) is 10. The van der Waals surface area contributed by atoms with Gasteiger partial charge in [-0.2, -0.15) is 0 Å². The molecule has 4 rings (SSSR count). The second kappa shape index (κ2) is 8.74. The standard InChI is InChI=1S/C19H26N6O6S2/c1-25(5-3-4-6-25)8-19(30)9-33-16-12(15(27)24(16)13(19)17(28)29)22-14(26)11(23-31-2)10-7-32-18(20)21-10/h7,12-13,16,30H,3-6,8-9H2,1-2H3,(H3-,20,21,22,26,28,29)/p+1/b23-11-/t12-,13?,16-,19?/m1/s1. The van der Waals surface area contributed by atoms with Gasteiger partial charge in [0, 0.05) is 24.0 Å². The number of thioether (sulfide) groups is 1. The maximum Gasteiger partial charge on any atom is 0.329 e. The summed E-state index contributed by atoms with van der Waals surface area (Å²) in [5, 5.41) is 28.8. The number of aromatic nitrogens is 1. The highest BCUT2D eigenvalue weighted by atomic mass is 32.2. The number of nitrogens with zero attached hydrogens (tertiary/aromatic N) is 4. The fraction of sp³-hybridized carbons (Fsp3) is 0.632. The number of carboxylic acid groups (broad SMARTS) is 1. The fourth-order valence-electron chi connectivity index (χ4n) is 4.94. The number of β-lactam (4-membered cyclic amide) rings is 1. The Hall–Kier alpha value is -2.42. The number of aliphatic hydroxyl groups is 1. The summed E-state index contributed by atoms with van der Waals surface area (Å²) in [5.41, 5.74) is 4.12. The molecule has 2 amide bonds. The van der Waals surface area contributed by atoms with Gasteiger partial charge in [-0.25, -0.2) is 9.78 Å². The zero-order valence-corrected chi connectivity index (χ0v) is 19.9. The molecule has 0 aliphatic carbocycles. The zero-order valence-electron chi connectivity index (χ0n) is 18.3. The third kappa shape index (κ3) is 4.27. The molecule has 0 saturated carbocycles. The molecular weight excluding hydrogens is 472 g/mol. The highest BCUT2D eigenvalue weighted by molar-refractivity contribution is 8.00. The van der Waals surface area contributed by atoms with E-state index in [9.17, 15) is 24.6 Å². The van der Waals surface area contributed by atoms with Gasteiger partial charge in [0.25, 0.3) is 5.91 Å². The van der Waals surface area contributed by atoms with Crippen molar-refractivity contribution in [3.8, 4) is 0 Å². The molecule has 2 unspecified atom stereocenters. The quantitative estimate of drug-likeness (QED) is 0.158. The summed E-state index contributed by atoms with van der Waals surface area (Å²) in [6, 6.07) is -2.34. The van der Waals surface area contributed by atoms with Crippen LogP contribution in [0.2, 0.25) is 0 Å². The van der Waals surface area contributed by atoms with Gasteiger partial charge >= 0.3 is 5.97 Å². The molecule has 4 atom stereocenters. The van der Waals surface area contributed by atoms with Crippen LogP contribution in [-0.4, -0.2) is 111 Å². The number of likely N-dealkylation sites (tertiary alicyclic amines) is 1. The van der Waals surface area contributed by atoms with E-state index >= 15 is 0 Å². The van der Waals surface area contributed by atoms with Gasteiger partial charge in [0.1, 0.15) is 30.8 Å². The Morgan fingerprint density at radius 2 is 2.15 bits per heavy atom. The smallest absolute Gasteiger partial charge is 0.329 e. The number of thiazole rings is 1. The lowest BCUT2D eigenvalue weighted by molar-refractivity contribution is -0.903. The lowest BCUT2D eigenvalue weighted by atomic mass is 9.88. The number of amides is 2. The van der Waals surface area contributed by atoms with Crippen molar-refractivity contribution in [3.63, 3.8) is 0 Å². The number of carboxylic acids is 1. The summed E-state index contributed by atoms with van der Waals surface area (Å²) in [7, 11) is 3.28. The van der Waals surface area contributed by atoms with Crippen LogP contribution in [0.5, 0.6) is 0 Å². The van der Waals surface area contributed by atoms with Crippen molar-refractivity contribution in [1.29, 1.82) is 0 Å². The van der Waals surface area contributed by atoms with Crippen LogP contribution in [0, 0.1) is 0 Å². The van der Waals surface area contributed by atoms with Gasteiger partial charge in [-0.1, -0.05) is 5.16 Å². The minimum atomic E-state index is -1.57.